The molecule has 1 N–H and O–H groups in total. The van der Waals surface area contributed by atoms with Crippen LogP contribution < -0.4 is 5.32 Å². The van der Waals surface area contributed by atoms with Gasteiger partial charge in [-0.1, -0.05) is 17.7 Å². The van der Waals surface area contributed by atoms with Gasteiger partial charge in [-0.2, -0.15) is 0 Å². The van der Waals surface area contributed by atoms with Gasteiger partial charge in [-0.15, -0.1) is 0 Å². The molecule has 2 aromatic rings. The Morgan fingerprint density at radius 2 is 1.85 bits per heavy atom. The summed E-state index contributed by atoms with van der Waals surface area (Å²) in [4.78, 5) is 4.38. The maximum atomic E-state index is 13.5. The van der Waals surface area contributed by atoms with E-state index >= 15 is 0 Å². The Hall–Kier alpha value is -1.45. The van der Waals surface area contributed by atoms with Crippen molar-refractivity contribution in [2.75, 3.05) is 7.05 Å². The Kier molecular flexibility index (Phi) is 4.73. The lowest BCUT2D eigenvalue weighted by Gasteiger charge is -2.18. The summed E-state index contributed by atoms with van der Waals surface area (Å²) >= 11 is 5.71. The summed E-state index contributed by atoms with van der Waals surface area (Å²) in [6.07, 6.45) is 0.702. The highest BCUT2D eigenvalue weighted by atomic mass is 35.5. The molecule has 0 aliphatic carbocycles. The van der Waals surface area contributed by atoms with E-state index < -0.39 is 0 Å². The van der Waals surface area contributed by atoms with Crippen LogP contribution >= 0.6 is 11.6 Å². The monoisotopic (exact) mass is 292 g/mol. The third-order valence-electron chi connectivity index (χ3n) is 3.28. The Labute approximate surface area is 124 Å². The van der Waals surface area contributed by atoms with Crippen molar-refractivity contribution in [2.45, 2.75) is 26.3 Å². The number of hydrogen-bond acceptors (Lipinski definition) is 2. The summed E-state index contributed by atoms with van der Waals surface area (Å²) < 4.78 is 13.5. The first-order valence-electron chi connectivity index (χ1n) is 6.56. The average Bonchev–Trinajstić information content (AvgIpc) is 2.38. The summed E-state index contributed by atoms with van der Waals surface area (Å²) in [6, 6.07) is 9.18. The zero-order valence-corrected chi connectivity index (χ0v) is 12.6. The van der Waals surface area contributed by atoms with Gasteiger partial charge in [-0.3, -0.25) is 4.98 Å². The van der Waals surface area contributed by atoms with Gasteiger partial charge in [0.1, 0.15) is 5.82 Å². The zero-order valence-electron chi connectivity index (χ0n) is 11.9. The van der Waals surface area contributed by atoms with E-state index in [1.807, 2.05) is 27.0 Å². The Balaban J connectivity index is 2.26. The number of aromatic nitrogens is 1. The highest BCUT2D eigenvalue weighted by Gasteiger charge is 2.12. The molecule has 1 heterocycles. The number of halogens is 2. The minimum Gasteiger partial charge on any atom is -0.313 e. The van der Waals surface area contributed by atoms with E-state index in [0.29, 0.717) is 6.42 Å². The van der Waals surface area contributed by atoms with Crippen LogP contribution in [0, 0.1) is 19.7 Å². The molecule has 4 heteroatoms. The summed E-state index contributed by atoms with van der Waals surface area (Å²) in [7, 11) is 1.90. The molecule has 0 spiro atoms. The second kappa shape index (κ2) is 6.33. The highest BCUT2D eigenvalue weighted by Crippen LogP contribution is 2.22. The molecular weight excluding hydrogens is 275 g/mol. The van der Waals surface area contributed by atoms with Crippen LogP contribution in [0.2, 0.25) is 5.02 Å². The molecule has 0 aliphatic heterocycles. The first-order chi connectivity index (χ1) is 9.49. The molecule has 1 unspecified atom stereocenters. The van der Waals surface area contributed by atoms with E-state index in [9.17, 15) is 4.39 Å². The van der Waals surface area contributed by atoms with E-state index in [1.165, 1.54) is 6.07 Å². The molecule has 1 atom stereocenters. The predicted molar refractivity (Wildman–Crippen MR) is 80.6 cm³/mol. The summed E-state index contributed by atoms with van der Waals surface area (Å²) in [6.45, 7) is 3.95. The van der Waals surface area contributed by atoms with Gasteiger partial charge in [0, 0.05) is 17.4 Å². The molecule has 2 rings (SSSR count). The molecule has 0 amide bonds. The summed E-state index contributed by atoms with van der Waals surface area (Å²) in [5.74, 6) is -0.374. The molecule has 0 saturated heterocycles. The van der Waals surface area contributed by atoms with Crippen LogP contribution in [0.3, 0.4) is 0 Å². The number of nitrogens with zero attached hydrogens (tertiary/aromatic N) is 1. The van der Waals surface area contributed by atoms with E-state index in [-0.39, 0.29) is 16.9 Å². The van der Waals surface area contributed by atoms with Gasteiger partial charge in [-0.25, -0.2) is 4.39 Å². The van der Waals surface area contributed by atoms with Crippen LogP contribution in [0.1, 0.15) is 28.6 Å². The van der Waals surface area contributed by atoms with Crippen molar-refractivity contribution >= 4 is 11.6 Å². The number of pyridine rings is 1. The predicted octanol–water partition coefficient (Wildman–Crippen LogP) is 3.99. The minimum atomic E-state index is -0.374. The molecule has 0 radical (unpaired) electrons. The topological polar surface area (TPSA) is 24.9 Å². The normalized spacial score (nSPS) is 12.4. The first kappa shape index (κ1) is 14.9. The standard InChI is InChI=1S/C16H18ClFN2/c1-10-6-13(7-11(2)20-10)16(19-3)9-12-4-5-14(17)15(18)8-12/h4-8,16,19H,9H2,1-3H3. The van der Waals surface area contributed by atoms with Crippen molar-refractivity contribution in [2.24, 2.45) is 0 Å². The van der Waals surface area contributed by atoms with Crippen LogP contribution in [0.4, 0.5) is 4.39 Å². The molecule has 106 valence electrons. The van der Waals surface area contributed by atoms with Crippen molar-refractivity contribution in [3.63, 3.8) is 0 Å². The van der Waals surface area contributed by atoms with Crippen molar-refractivity contribution in [1.82, 2.24) is 10.3 Å². The number of hydrogen-bond donors (Lipinski definition) is 1. The molecular formula is C16H18ClFN2. The third kappa shape index (κ3) is 3.56. The van der Waals surface area contributed by atoms with Crippen LogP contribution in [0.25, 0.3) is 0 Å². The Morgan fingerprint density at radius 3 is 2.40 bits per heavy atom. The zero-order chi connectivity index (χ0) is 14.7. The van der Waals surface area contributed by atoms with Gasteiger partial charge in [0.25, 0.3) is 0 Å². The van der Waals surface area contributed by atoms with Crippen molar-refractivity contribution in [3.8, 4) is 0 Å². The number of rotatable bonds is 4. The van der Waals surface area contributed by atoms with E-state index in [4.69, 9.17) is 11.6 Å². The van der Waals surface area contributed by atoms with E-state index in [0.717, 1.165) is 22.5 Å². The third-order valence-corrected chi connectivity index (χ3v) is 3.59. The van der Waals surface area contributed by atoms with Crippen LogP contribution in [0.15, 0.2) is 30.3 Å². The summed E-state index contributed by atoms with van der Waals surface area (Å²) in [5, 5.41) is 3.43. The Morgan fingerprint density at radius 1 is 1.20 bits per heavy atom. The molecule has 1 aromatic carbocycles. The first-order valence-corrected chi connectivity index (χ1v) is 6.94. The second-order valence-corrected chi connectivity index (χ2v) is 5.38. The maximum Gasteiger partial charge on any atom is 0.142 e. The lowest BCUT2D eigenvalue weighted by Crippen LogP contribution is -2.19. The van der Waals surface area contributed by atoms with E-state index in [1.54, 1.807) is 6.07 Å². The molecule has 0 saturated carbocycles. The van der Waals surface area contributed by atoms with Crippen LogP contribution in [-0.2, 0) is 6.42 Å². The largest absolute Gasteiger partial charge is 0.313 e. The highest BCUT2D eigenvalue weighted by molar-refractivity contribution is 6.30. The lowest BCUT2D eigenvalue weighted by atomic mass is 9.98. The average molecular weight is 293 g/mol. The van der Waals surface area contributed by atoms with Gasteiger partial charge < -0.3 is 5.32 Å². The molecule has 20 heavy (non-hydrogen) atoms. The molecule has 0 aliphatic rings. The lowest BCUT2D eigenvalue weighted by molar-refractivity contribution is 0.582. The van der Waals surface area contributed by atoms with E-state index in [2.05, 4.69) is 22.4 Å². The van der Waals surface area contributed by atoms with Gasteiger partial charge in [0.05, 0.1) is 5.02 Å². The van der Waals surface area contributed by atoms with Crippen molar-refractivity contribution in [1.29, 1.82) is 0 Å². The van der Waals surface area contributed by atoms with Gasteiger partial charge in [0.15, 0.2) is 0 Å². The van der Waals surface area contributed by atoms with Gasteiger partial charge in [-0.05, 0) is 62.7 Å². The SMILES string of the molecule is CNC(Cc1ccc(Cl)c(F)c1)c1cc(C)nc(C)c1. The number of nitrogens with one attached hydrogen (secondary N) is 1. The number of benzene rings is 1. The molecule has 0 bridgehead atoms. The van der Waals surface area contributed by atoms with Gasteiger partial charge in [0.2, 0.25) is 0 Å². The minimum absolute atomic E-state index is 0.121. The summed E-state index contributed by atoms with van der Waals surface area (Å²) in [5.41, 5.74) is 4.05. The Bertz CT molecular complexity index is 593. The van der Waals surface area contributed by atoms with Crippen LogP contribution in [-0.4, -0.2) is 12.0 Å². The maximum absolute atomic E-state index is 13.5. The fourth-order valence-electron chi connectivity index (χ4n) is 2.36. The molecule has 1 aromatic heterocycles. The fraction of sp³-hybridized carbons (Fsp3) is 0.312. The quantitative estimate of drug-likeness (QED) is 0.921. The second-order valence-electron chi connectivity index (χ2n) is 4.98. The fourth-order valence-corrected chi connectivity index (χ4v) is 2.47. The van der Waals surface area contributed by atoms with Crippen LogP contribution in [0.5, 0.6) is 0 Å². The van der Waals surface area contributed by atoms with Crippen molar-refractivity contribution in [3.05, 3.63) is 63.7 Å². The number of likely N-dealkylation sites (N-methyl/N-ethyl adjacent to an activating group) is 1. The molecule has 0 fully saturated rings. The number of aryl methyl sites for hydroxylation is 2. The van der Waals surface area contributed by atoms with Gasteiger partial charge >= 0.3 is 0 Å². The molecule has 2 nitrogen and oxygen atoms in total. The van der Waals surface area contributed by atoms with Crippen molar-refractivity contribution < 1.29 is 4.39 Å². The smallest absolute Gasteiger partial charge is 0.142 e.